The molecule has 0 saturated heterocycles. The van der Waals surface area contributed by atoms with Crippen LogP contribution in [-0.4, -0.2) is 37.5 Å². The molecule has 0 aliphatic rings. The molecule has 0 fully saturated rings. The summed E-state index contributed by atoms with van der Waals surface area (Å²) in [5, 5.41) is 10.6. The van der Waals surface area contributed by atoms with E-state index in [0.29, 0.717) is 23.5 Å². The Morgan fingerprint density at radius 2 is 1.66 bits per heavy atom. The van der Waals surface area contributed by atoms with Gasteiger partial charge in [-0.2, -0.15) is 0 Å². The largest absolute Gasteiger partial charge is 0.336 e. The molecule has 2 aromatic carbocycles. The number of nitrogens with zero attached hydrogens (tertiary/aromatic N) is 1. The highest BCUT2D eigenvalue weighted by molar-refractivity contribution is 7.10. The lowest BCUT2D eigenvalue weighted by Crippen LogP contribution is -2.36. The third kappa shape index (κ3) is 5.91. The molecular weight excluding hydrogens is 384 g/mol. The summed E-state index contributed by atoms with van der Waals surface area (Å²) < 4.78 is 0. The predicted molar refractivity (Wildman–Crippen MR) is 119 cm³/mol. The van der Waals surface area contributed by atoms with Crippen molar-refractivity contribution in [2.24, 2.45) is 0 Å². The molecule has 3 amide bonds. The molecule has 7 heteroatoms. The Morgan fingerprint density at radius 1 is 0.931 bits per heavy atom. The minimum atomic E-state index is -0.292. The monoisotopic (exact) mass is 408 g/mol. The van der Waals surface area contributed by atoms with E-state index in [1.165, 1.54) is 4.88 Å². The molecule has 0 spiro atoms. The molecule has 1 heterocycles. The number of carbonyl (C=O) groups is 2. The van der Waals surface area contributed by atoms with Gasteiger partial charge < -0.3 is 20.9 Å². The first-order valence-electron chi connectivity index (χ1n) is 9.24. The van der Waals surface area contributed by atoms with Gasteiger partial charge in [0.05, 0.1) is 6.04 Å². The van der Waals surface area contributed by atoms with Gasteiger partial charge in [-0.1, -0.05) is 30.3 Å². The van der Waals surface area contributed by atoms with Gasteiger partial charge in [0.15, 0.2) is 0 Å². The number of carbonyl (C=O) groups excluding carboxylic acids is 2. The Balaban J connectivity index is 1.57. The van der Waals surface area contributed by atoms with Gasteiger partial charge in [0.2, 0.25) is 0 Å². The molecule has 1 atom stereocenters. The molecule has 3 rings (SSSR count). The summed E-state index contributed by atoms with van der Waals surface area (Å²) in [7, 11) is 3.98. The summed E-state index contributed by atoms with van der Waals surface area (Å²) in [5.74, 6) is -0.197. The quantitative estimate of drug-likeness (QED) is 0.542. The summed E-state index contributed by atoms with van der Waals surface area (Å²) in [6.45, 7) is 0.490. The number of benzene rings is 2. The lowest BCUT2D eigenvalue weighted by Gasteiger charge is -2.23. The normalized spacial score (nSPS) is 11.7. The van der Waals surface area contributed by atoms with E-state index >= 15 is 0 Å². The molecule has 3 N–H and O–H groups in total. The Morgan fingerprint density at radius 3 is 2.31 bits per heavy atom. The van der Waals surface area contributed by atoms with E-state index in [0.717, 1.165) is 0 Å². The zero-order chi connectivity index (χ0) is 20.6. The van der Waals surface area contributed by atoms with Crippen molar-refractivity contribution >= 4 is 34.6 Å². The van der Waals surface area contributed by atoms with Crippen molar-refractivity contribution < 1.29 is 9.59 Å². The number of nitrogens with one attached hydrogen (secondary N) is 3. The predicted octanol–water partition coefficient (Wildman–Crippen LogP) is 4.42. The minimum absolute atomic E-state index is 0.109. The smallest absolute Gasteiger partial charge is 0.319 e. The summed E-state index contributed by atoms with van der Waals surface area (Å²) in [6, 6.07) is 19.9. The van der Waals surface area contributed by atoms with Crippen molar-refractivity contribution in [3.05, 3.63) is 82.6 Å². The van der Waals surface area contributed by atoms with E-state index < -0.39 is 0 Å². The fourth-order valence-electron chi connectivity index (χ4n) is 2.85. The van der Waals surface area contributed by atoms with E-state index in [9.17, 15) is 9.59 Å². The average molecular weight is 409 g/mol. The van der Waals surface area contributed by atoms with E-state index in [1.54, 1.807) is 47.7 Å². The van der Waals surface area contributed by atoms with Crippen LogP contribution in [0, 0.1) is 0 Å². The van der Waals surface area contributed by atoms with Gasteiger partial charge in [0.25, 0.3) is 5.91 Å². The van der Waals surface area contributed by atoms with E-state index in [4.69, 9.17) is 0 Å². The zero-order valence-corrected chi connectivity index (χ0v) is 17.2. The first-order valence-corrected chi connectivity index (χ1v) is 10.1. The van der Waals surface area contributed by atoms with Gasteiger partial charge in [-0.25, -0.2) is 4.79 Å². The van der Waals surface area contributed by atoms with Crippen LogP contribution in [0.2, 0.25) is 0 Å². The molecule has 0 radical (unpaired) electrons. The van der Waals surface area contributed by atoms with Crippen molar-refractivity contribution in [3.63, 3.8) is 0 Å². The van der Waals surface area contributed by atoms with E-state index in [2.05, 4.69) is 26.9 Å². The number of urea groups is 1. The average Bonchev–Trinajstić information content (AvgIpc) is 3.23. The molecule has 1 unspecified atom stereocenters. The maximum absolute atomic E-state index is 12.3. The number of amides is 3. The molecule has 3 aromatic rings. The highest BCUT2D eigenvalue weighted by Gasteiger charge is 2.16. The topological polar surface area (TPSA) is 73.5 Å². The van der Waals surface area contributed by atoms with Gasteiger partial charge in [0, 0.05) is 28.4 Å². The number of hydrogen-bond acceptors (Lipinski definition) is 4. The maximum Gasteiger partial charge on any atom is 0.319 e. The van der Waals surface area contributed by atoms with Crippen molar-refractivity contribution in [2.75, 3.05) is 31.3 Å². The van der Waals surface area contributed by atoms with Crippen LogP contribution in [0.15, 0.2) is 72.1 Å². The third-order valence-electron chi connectivity index (χ3n) is 4.37. The lowest BCUT2D eigenvalue weighted by molar-refractivity contribution is 0.102. The zero-order valence-electron chi connectivity index (χ0n) is 16.4. The van der Waals surface area contributed by atoms with Crippen molar-refractivity contribution in [1.29, 1.82) is 0 Å². The second-order valence-corrected chi connectivity index (χ2v) is 7.71. The van der Waals surface area contributed by atoms with Gasteiger partial charge >= 0.3 is 6.03 Å². The molecule has 6 nitrogen and oxygen atoms in total. The van der Waals surface area contributed by atoms with Crippen LogP contribution in [0.25, 0.3) is 0 Å². The lowest BCUT2D eigenvalue weighted by atomic mass is 10.2. The van der Waals surface area contributed by atoms with Crippen LogP contribution in [0.1, 0.15) is 21.3 Å². The summed E-state index contributed by atoms with van der Waals surface area (Å²) in [5.41, 5.74) is 1.79. The number of thiophene rings is 1. The molecular formula is C22H24N4O2S. The number of rotatable bonds is 7. The fraction of sp³-hybridized carbons (Fsp3) is 0.182. The van der Waals surface area contributed by atoms with Gasteiger partial charge in [0.1, 0.15) is 0 Å². The number of anilines is 2. The van der Waals surface area contributed by atoms with Crippen LogP contribution in [0.3, 0.4) is 0 Å². The second-order valence-electron chi connectivity index (χ2n) is 6.73. The van der Waals surface area contributed by atoms with Gasteiger partial charge in [-0.3, -0.25) is 4.79 Å². The van der Waals surface area contributed by atoms with E-state index in [1.807, 2.05) is 43.7 Å². The highest BCUT2D eigenvalue weighted by atomic mass is 32.1. The SMILES string of the molecule is CN(C)C(CNC(=O)Nc1cccc(NC(=O)c2ccccc2)c1)c1cccs1. The first-order chi connectivity index (χ1) is 14.0. The molecule has 0 bridgehead atoms. The Labute approximate surface area is 174 Å². The summed E-state index contributed by atoms with van der Waals surface area (Å²) in [4.78, 5) is 27.9. The van der Waals surface area contributed by atoms with Gasteiger partial charge in [-0.15, -0.1) is 11.3 Å². The Kier molecular flexibility index (Phi) is 6.99. The maximum atomic E-state index is 12.3. The van der Waals surface area contributed by atoms with Gasteiger partial charge in [-0.05, 0) is 55.9 Å². The summed E-state index contributed by atoms with van der Waals surface area (Å²) in [6.07, 6.45) is 0. The standard InChI is InChI=1S/C22H24N4O2S/c1-26(2)19(20-12-7-13-29-20)15-23-22(28)25-18-11-6-10-17(14-18)24-21(27)16-8-4-3-5-9-16/h3-14,19H,15H2,1-2H3,(H,24,27)(H2,23,25,28). The molecule has 29 heavy (non-hydrogen) atoms. The number of likely N-dealkylation sites (N-methyl/N-ethyl adjacent to an activating group) is 1. The van der Waals surface area contributed by atoms with Crippen molar-refractivity contribution in [3.8, 4) is 0 Å². The van der Waals surface area contributed by atoms with Crippen molar-refractivity contribution in [1.82, 2.24) is 10.2 Å². The van der Waals surface area contributed by atoms with Crippen LogP contribution >= 0.6 is 11.3 Å². The third-order valence-corrected chi connectivity index (χ3v) is 5.34. The Hall–Kier alpha value is -3.16. The molecule has 0 saturated carbocycles. The van der Waals surface area contributed by atoms with Crippen molar-refractivity contribution in [2.45, 2.75) is 6.04 Å². The second kappa shape index (κ2) is 9.86. The van der Waals surface area contributed by atoms with Crippen LogP contribution in [-0.2, 0) is 0 Å². The molecule has 150 valence electrons. The first kappa shape index (κ1) is 20.6. The summed E-state index contributed by atoms with van der Waals surface area (Å²) >= 11 is 1.67. The molecule has 0 aliphatic carbocycles. The Bertz CT molecular complexity index is 942. The van der Waals surface area contributed by atoms with Crippen LogP contribution < -0.4 is 16.0 Å². The number of hydrogen-bond donors (Lipinski definition) is 3. The minimum Gasteiger partial charge on any atom is -0.336 e. The fourth-order valence-corrected chi connectivity index (χ4v) is 3.77. The van der Waals surface area contributed by atoms with Crippen LogP contribution in [0.4, 0.5) is 16.2 Å². The van der Waals surface area contributed by atoms with E-state index in [-0.39, 0.29) is 18.0 Å². The van der Waals surface area contributed by atoms with Crippen LogP contribution in [0.5, 0.6) is 0 Å². The molecule has 0 aliphatic heterocycles. The molecule has 1 aromatic heterocycles. The highest BCUT2D eigenvalue weighted by Crippen LogP contribution is 2.22.